The van der Waals surface area contributed by atoms with Gasteiger partial charge in [-0.05, 0) is 32.9 Å². The first-order valence-corrected chi connectivity index (χ1v) is 11.4. The van der Waals surface area contributed by atoms with Crippen LogP contribution in [0.1, 0.15) is 20.8 Å². The van der Waals surface area contributed by atoms with Crippen molar-refractivity contribution in [2.45, 2.75) is 32.4 Å². The molecule has 1 heterocycles. The molecule has 1 saturated heterocycles. The summed E-state index contributed by atoms with van der Waals surface area (Å²) in [6, 6.07) is 1.98. The molecule has 9 nitrogen and oxygen atoms in total. The number of rotatable bonds is 6. The van der Waals surface area contributed by atoms with Gasteiger partial charge in [-0.1, -0.05) is 0 Å². The van der Waals surface area contributed by atoms with Crippen molar-refractivity contribution in [3.63, 3.8) is 0 Å². The molecule has 12 heteroatoms. The number of amides is 2. The molecule has 0 bridgehead atoms. The summed E-state index contributed by atoms with van der Waals surface area (Å²) in [5.74, 6) is -1.95. The highest BCUT2D eigenvalue weighted by molar-refractivity contribution is 7.85. The van der Waals surface area contributed by atoms with E-state index in [2.05, 4.69) is 5.32 Å². The van der Waals surface area contributed by atoms with Crippen molar-refractivity contribution in [3.8, 4) is 0 Å². The number of alkyl carbamates (subject to hydrolysis) is 1. The topological polar surface area (TPSA) is 105 Å². The summed E-state index contributed by atoms with van der Waals surface area (Å²) in [6.07, 6.45) is -0.0622. The number of carbonyl (C=O) groups is 2. The van der Waals surface area contributed by atoms with Crippen LogP contribution in [-0.2, 0) is 23.8 Å². The van der Waals surface area contributed by atoms with E-state index in [1.54, 1.807) is 25.7 Å². The zero-order chi connectivity index (χ0) is 23.4. The molecule has 1 aromatic carbocycles. The maximum absolute atomic E-state index is 14.0. The van der Waals surface area contributed by atoms with Gasteiger partial charge >= 0.3 is 6.09 Å². The molecule has 2 amide bonds. The Bertz CT molecular complexity index is 912. The summed E-state index contributed by atoms with van der Waals surface area (Å²) >= 11 is 0. The van der Waals surface area contributed by atoms with Crippen LogP contribution in [0.2, 0.25) is 0 Å². The smallest absolute Gasteiger partial charge is 0.408 e. The Morgan fingerprint density at radius 3 is 2.29 bits per heavy atom. The highest BCUT2D eigenvalue weighted by Gasteiger charge is 2.31. The van der Waals surface area contributed by atoms with Crippen LogP contribution in [0.25, 0.3) is 0 Å². The molecule has 174 valence electrons. The van der Waals surface area contributed by atoms with Gasteiger partial charge in [0.1, 0.15) is 23.3 Å². The van der Waals surface area contributed by atoms with Gasteiger partial charge in [0.05, 0.1) is 18.6 Å². The summed E-state index contributed by atoms with van der Waals surface area (Å²) in [5.41, 5.74) is -0.599. The molecule has 0 unspecified atom stereocenters. The van der Waals surface area contributed by atoms with E-state index in [9.17, 15) is 26.8 Å². The number of hydrogen-bond acceptors (Lipinski definition) is 7. The lowest BCUT2D eigenvalue weighted by atomic mass is 10.2. The van der Waals surface area contributed by atoms with E-state index in [0.717, 1.165) is 18.4 Å². The summed E-state index contributed by atoms with van der Waals surface area (Å²) in [4.78, 5) is 28.1. The van der Waals surface area contributed by atoms with Gasteiger partial charge in [-0.3, -0.25) is 8.98 Å². The zero-order valence-corrected chi connectivity index (χ0v) is 18.7. The van der Waals surface area contributed by atoms with Gasteiger partial charge in [0, 0.05) is 32.2 Å². The van der Waals surface area contributed by atoms with Gasteiger partial charge in [0.15, 0.2) is 0 Å². The largest absolute Gasteiger partial charge is 0.444 e. The van der Waals surface area contributed by atoms with Crippen molar-refractivity contribution in [2.24, 2.45) is 0 Å². The normalized spacial score (nSPS) is 16.1. The highest BCUT2D eigenvalue weighted by atomic mass is 32.2. The maximum atomic E-state index is 14.0. The summed E-state index contributed by atoms with van der Waals surface area (Å²) in [6.45, 7) is 5.23. The standard InChI is InChI=1S/C19H27F2N3O6S/c1-19(2,3)30-18(26)22-15(12-29-31(4,27)28)17(25)24-9-7-23(8-10-24)16-6-5-13(20)11-14(16)21/h5-6,11,15H,7-10,12H2,1-4H3,(H,22,26)/t15-/m0/s1. The molecule has 0 saturated carbocycles. The Balaban J connectivity index is 2.05. The molecule has 1 aliphatic heterocycles. The number of benzene rings is 1. The Hall–Kier alpha value is -2.47. The van der Waals surface area contributed by atoms with Crippen molar-refractivity contribution in [2.75, 3.05) is 43.9 Å². The van der Waals surface area contributed by atoms with Crippen LogP contribution >= 0.6 is 0 Å². The molecule has 0 aromatic heterocycles. The summed E-state index contributed by atoms with van der Waals surface area (Å²) in [7, 11) is -3.85. The maximum Gasteiger partial charge on any atom is 0.408 e. The second-order valence-corrected chi connectivity index (χ2v) is 9.74. The Morgan fingerprint density at radius 2 is 1.77 bits per heavy atom. The third-order valence-corrected chi connectivity index (χ3v) is 4.84. The Morgan fingerprint density at radius 1 is 1.16 bits per heavy atom. The van der Waals surface area contributed by atoms with Crippen molar-refractivity contribution >= 4 is 27.8 Å². The van der Waals surface area contributed by atoms with Gasteiger partial charge in [-0.15, -0.1) is 0 Å². The monoisotopic (exact) mass is 463 g/mol. The molecule has 1 N–H and O–H groups in total. The van der Waals surface area contributed by atoms with E-state index in [0.29, 0.717) is 0 Å². The van der Waals surface area contributed by atoms with Crippen molar-refractivity contribution in [1.29, 1.82) is 0 Å². The lowest BCUT2D eigenvalue weighted by Gasteiger charge is -2.37. The van der Waals surface area contributed by atoms with Crippen LogP contribution in [0, 0.1) is 11.6 Å². The molecule has 0 radical (unpaired) electrons. The lowest BCUT2D eigenvalue weighted by molar-refractivity contribution is -0.134. The lowest BCUT2D eigenvalue weighted by Crippen LogP contribution is -2.57. The van der Waals surface area contributed by atoms with E-state index < -0.39 is 52.0 Å². The minimum absolute atomic E-state index is 0.182. The molecule has 1 atom stereocenters. The number of hydrogen-bond donors (Lipinski definition) is 1. The second kappa shape index (κ2) is 9.77. The highest BCUT2D eigenvalue weighted by Crippen LogP contribution is 2.22. The minimum atomic E-state index is -3.85. The van der Waals surface area contributed by atoms with E-state index in [4.69, 9.17) is 8.92 Å². The molecule has 1 fully saturated rings. The van der Waals surface area contributed by atoms with Crippen LogP contribution in [0.4, 0.5) is 19.3 Å². The number of anilines is 1. The number of nitrogens with one attached hydrogen (secondary N) is 1. The van der Waals surface area contributed by atoms with Crippen molar-refractivity contribution < 1.29 is 35.7 Å². The first-order valence-electron chi connectivity index (χ1n) is 9.58. The molecular formula is C19H27F2N3O6S. The van der Waals surface area contributed by atoms with Crippen LogP contribution in [0.15, 0.2) is 18.2 Å². The van der Waals surface area contributed by atoms with Crippen LogP contribution < -0.4 is 10.2 Å². The van der Waals surface area contributed by atoms with Crippen LogP contribution in [0.3, 0.4) is 0 Å². The number of nitrogens with zero attached hydrogens (tertiary/aromatic N) is 2. The van der Waals surface area contributed by atoms with Crippen LogP contribution in [0.5, 0.6) is 0 Å². The minimum Gasteiger partial charge on any atom is -0.444 e. The average Bonchev–Trinajstić information content (AvgIpc) is 2.62. The summed E-state index contributed by atoms with van der Waals surface area (Å²) in [5, 5.41) is 2.34. The molecule has 31 heavy (non-hydrogen) atoms. The summed E-state index contributed by atoms with van der Waals surface area (Å²) < 4.78 is 59.7. The van der Waals surface area contributed by atoms with Crippen molar-refractivity contribution in [1.82, 2.24) is 10.2 Å². The predicted octanol–water partition coefficient (Wildman–Crippen LogP) is 1.48. The number of ether oxygens (including phenoxy) is 1. The third kappa shape index (κ3) is 7.94. The average molecular weight is 464 g/mol. The SMILES string of the molecule is CC(C)(C)OC(=O)N[C@@H](COS(C)(=O)=O)C(=O)N1CCN(c2ccc(F)cc2F)CC1. The van der Waals surface area contributed by atoms with Crippen LogP contribution in [-0.4, -0.2) is 76.0 Å². The fraction of sp³-hybridized carbons (Fsp3) is 0.579. The number of piperazine rings is 1. The first-order chi connectivity index (χ1) is 14.2. The molecule has 2 rings (SSSR count). The Labute approximate surface area is 180 Å². The van der Waals surface area contributed by atoms with Gasteiger partial charge < -0.3 is 19.9 Å². The Kier molecular flexibility index (Phi) is 7.82. The van der Waals surface area contributed by atoms with E-state index in [1.165, 1.54) is 11.0 Å². The number of carbonyl (C=O) groups excluding carboxylic acids is 2. The first kappa shape index (κ1) is 24.8. The molecule has 0 spiro atoms. The van der Waals surface area contributed by atoms with Gasteiger partial charge in [0.25, 0.3) is 10.1 Å². The van der Waals surface area contributed by atoms with E-state index >= 15 is 0 Å². The zero-order valence-electron chi connectivity index (χ0n) is 17.9. The van der Waals surface area contributed by atoms with Gasteiger partial charge in [-0.25, -0.2) is 13.6 Å². The second-order valence-electron chi connectivity index (χ2n) is 8.10. The molecule has 0 aliphatic carbocycles. The molecular weight excluding hydrogens is 436 g/mol. The fourth-order valence-electron chi connectivity index (χ4n) is 2.94. The predicted molar refractivity (Wildman–Crippen MR) is 109 cm³/mol. The number of halogens is 2. The quantitative estimate of drug-likeness (QED) is 0.637. The van der Waals surface area contributed by atoms with Gasteiger partial charge in [0.2, 0.25) is 5.91 Å². The third-order valence-electron chi connectivity index (χ3n) is 4.28. The molecule has 1 aliphatic rings. The van der Waals surface area contributed by atoms with E-state index in [-0.39, 0.29) is 31.9 Å². The van der Waals surface area contributed by atoms with Gasteiger partial charge in [-0.2, -0.15) is 8.42 Å². The van der Waals surface area contributed by atoms with Crippen molar-refractivity contribution in [3.05, 3.63) is 29.8 Å². The molecule has 1 aromatic rings. The van der Waals surface area contributed by atoms with E-state index in [1.807, 2.05) is 0 Å². The fourth-order valence-corrected chi connectivity index (χ4v) is 3.33.